The van der Waals surface area contributed by atoms with Crippen LogP contribution in [0.3, 0.4) is 0 Å². The van der Waals surface area contributed by atoms with Crippen LogP contribution in [-0.2, 0) is 9.84 Å². The molecule has 0 fully saturated rings. The molecule has 2 heterocycles. The molecule has 0 saturated heterocycles. The standard InChI is InChI=1S/C10H13N3O2S/c1-16(14,15)8-6-12-10-4-2-3-9-11-5-7-13(9)10/h2-5,7,12H,6,8H2,1H3. The zero-order valence-corrected chi connectivity index (χ0v) is 9.74. The summed E-state index contributed by atoms with van der Waals surface area (Å²) in [5.74, 6) is 0.969. The van der Waals surface area contributed by atoms with Gasteiger partial charge < -0.3 is 5.32 Å². The van der Waals surface area contributed by atoms with Crippen molar-refractivity contribution in [1.29, 1.82) is 0 Å². The zero-order valence-electron chi connectivity index (χ0n) is 8.92. The number of hydrogen-bond acceptors (Lipinski definition) is 4. The smallest absolute Gasteiger partial charge is 0.149 e. The van der Waals surface area contributed by atoms with Crippen LogP contribution in [0.25, 0.3) is 5.65 Å². The number of pyridine rings is 1. The first-order valence-corrected chi connectivity index (χ1v) is 6.96. The molecule has 16 heavy (non-hydrogen) atoms. The van der Waals surface area contributed by atoms with Gasteiger partial charge in [-0.1, -0.05) is 6.07 Å². The first kappa shape index (κ1) is 10.9. The van der Waals surface area contributed by atoms with Gasteiger partial charge >= 0.3 is 0 Å². The van der Waals surface area contributed by atoms with Crippen molar-refractivity contribution < 1.29 is 8.42 Å². The normalized spacial score (nSPS) is 11.8. The Balaban J connectivity index is 2.12. The van der Waals surface area contributed by atoms with E-state index in [0.29, 0.717) is 6.54 Å². The number of aromatic nitrogens is 2. The molecular weight excluding hydrogens is 226 g/mol. The third-order valence-electron chi connectivity index (χ3n) is 2.21. The van der Waals surface area contributed by atoms with Crippen LogP contribution in [0.15, 0.2) is 30.6 Å². The van der Waals surface area contributed by atoms with Gasteiger partial charge in [0.1, 0.15) is 21.3 Å². The Morgan fingerprint density at radius 1 is 1.44 bits per heavy atom. The number of anilines is 1. The van der Waals surface area contributed by atoms with Crippen LogP contribution in [0.1, 0.15) is 0 Å². The first-order valence-electron chi connectivity index (χ1n) is 4.90. The van der Waals surface area contributed by atoms with Crippen molar-refractivity contribution in [3.05, 3.63) is 30.6 Å². The van der Waals surface area contributed by atoms with E-state index in [4.69, 9.17) is 0 Å². The van der Waals surface area contributed by atoms with Crippen molar-refractivity contribution in [2.75, 3.05) is 23.9 Å². The van der Waals surface area contributed by atoms with Crippen molar-refractivity contribution in [2.24, 2.45) is 0 Å². The van der Waals surface area contributed by atoms with Gasteiger partial charge in [-0.15, -0.1) is 0 Å². The average Bonchev–Trinajstić information content (AvgIpc) is 2.64. The van der Waals surface area contributed by atoms with Gasteiger partial charge in [-0.05, 0) is 12.1 Å². The maximum absolute atomic E-state index is 11.0. The van der Waals surface area contributed by atoms with Crippen LogP contribution >= 0.6 is 0 Å². The number of imidazole rings is 1. The van der Waals surface area contributed by atoms with Gasteiger partial charge in [-0.3, -0.25) is 4.40 Å². The number of fused-ring (bicyclic) bond motifs is 1. The van der Waals surface area contributed by atoms with E-state index in [0.717, 1.165) is 11.5 Å². The minimum atomic E-state index is -2.92. The molecule has 0 aromatic carbocycles. The summed E-state index contributed by atoms with van der Waals surface area (Å²) in [7, 11) is -2.92. The van der Waals surface area contributed by atoms with E-state index in [2.05, 4.69) is 10.3 Å². The van der Waals surface area contributed by atoms with Gasteiger partial charge in [0, 0.05) is 25.2 Å². The van der Waals surface area contributed by atoms with Crippen LogP contribution in [-0.4, -0.2) is 36.4 Å². The van der Waals surface area contributed by atoms with E-state index in [-0.39, 0.29) is 5.75 Å². The van der Waals surface area contributed by atoms with Crippen LogP contribution in [0, 0.1) is 0 Å². The fourth-order valence-electron chi connectivity index (χ4n) is 1.46. The molecule has 0 aliphatic rings. The summed E-state index contributed by atoms with van der Waals surface area (Å²) in [5.41, 5.74) is 0.837. The minimum absolute atomic E-state index is 0.123. The lowest BCUT2D eigenvalue weighted by Gasteiger charge is -2.07. The fourth-order valence-corrected chi connectivity index (χ4v) is 1.93. The average molecular weight is 239 g/mol. The minimum Gasteiger partial charge on any atom is -0.370 e. The van der Waals surface area contributed by atoms with Gasteiger partial charge in [0.2, 0.25) is 0 Å². The summed E-state index contributed by atoms with van der Waals surface area (Å²) in [6.07, 6.45) is 4.77. The number of rotatable bonds is 4. The third kappa shape index (κ3) is 2.52. The van der Waals surface area contributed by atoms with Crippen LogP contribution < -0.4 is 5.32 Å². The molecule has 2 aromatic rings. The van der Waals surface area contributed by atoms with Crippen LogP contribution in [0.4, 0.5) is 5.82 Å². The highest BCUT2D eigenvalue weighted by atomic mass is 32.2. The lowest BCUT2D eigenvalue weighted by Crippen LogP contribution is -2.15. The number of nitrogens with zero attached hydrogens (tertiary/aromatic N) is 2. The summed E-state index contributed by atoms with van der Waals surface area (Å²) in [4.78, 5) is 4.14. The van der Waals surface area contributed by atoms with Gasteiger partial charge in [0.15, 0.2) is 0 Å². The lowest BCUT2D eigenvalue weighted by atomic mass is 10.4. The molecule has 6 heteroatoms. The second kappa shape index (κ2) is 4.13. The maximum atomic E-state index is 11.0. The fraction of sp³-hybridized carbons (Fsp3) is 0.300. The van der Waals surface area contributed by atoms with Crippen LogP contribution in [0.5, 0.6) is 0 Å². The Hall–Kier alpha value is -1.56. The quantitative estimate of drug-likeness (QED) is 0.856. The number of nitrogens with one attached hydrogen (secondary N) is 1. The highest BCUT2D eigenvalue weighted by Gasteiger charge is 2.03. The monoisotopic (exact) mass is 239 g/mol. The van der Waals surface area contributed by atoms with E-state index < -0.39 is 9.84 Å². The molecule has 0 aliphatic carbocycles. The SMILES string of the molecule is CS(=O)(=O)CCNc1cccc2nccn12. The molecule has 0 bridgehead atoms. The van der Waals surface area contributed by atoms with Gasteiger partial charge in [-0.25, -0.2) is 13.4 Å². The molecule has 86 valence electrons. The summed E-state index contributed by atoms with van der Waals surface area (Å²) in [5, 5.41) is 3.07. The lowest BCUT2D eigenvalue weighted by molar-refractivity contribution is 0.602. The molecule has 0 saturated carbocycles. The molecule has 0 spiro atoms. The summed E-state index contributed by atoms with van der Waals surface area (Å²) in [6, 6.07) is 5.66. The summed E-state index contributed by atoms with van der Waals surface area (Å²) >= 11 is 0. The van der Waals surface area contributed by atoms with Crippen molar-refractivity contribution in [1.82, 2.24) is 9.38 Å². The Bertz CT molecular complexity index is 589. The van der Waals surface area contributed by atoms with Gasteiger partial charge in [-0.2, -0.15) is 0 Å². The van der Waals surface area contributed by atoms with Crippen molar-refractivity contribution in [3.8, 4) is 0 Å². The molecule has 0 unspecified atom stereocenters. The molecule has 0 amide bonds. The highest BCUT2D eigenvalue weighted by molar-refractivity contribution is 7.90. The molecule has 0 aliphatic heterocycles. The van der Waals surface area contributed by atoms with E-state index >= 15 is 0 Å². The highest BCUT2D eigenvalue weighted by Crippen LogP contribution is 2.10. The van der Waals surface area contributed by atoms with E-state index in [1.54, 1.807) is 6.20 Å². The Morgan fingerprint density at radius 2 is 2.25 bits per heavy atom. The molecule has 0 atom stereocenters. The molecule has 0 radical (unpaired) electrons. The molecule has 2 rings (SSSR count). The number of hydrogen-bond donors (Lipinski definition) is 1. The largest absolute Gasteiger partial charge is 0.370 e. The van der Waals surface area contributed by atoms with E-state index in [9.17, 15) is 8.42 Å². The Labute approximate surface area is 94.0 Å². The van der Waals surface area contributed by atoms with E-state index in [1.807, 2.05) is 28.8 Å². The zero-order chi connectivity index (χ0) is 11.6. The third-order valence-corrected chi connectivity index (χ3v) is 3.15. The molecule has 1 N–H and O–H groups in total. The first-order chi connectivity index (χ1) is 7.56. The molecule has 2 aromatic heterocycles. The second-order valence-corrected chi connectivity index (χ2v) is 5.88. The number of sulfone groups is 1. The second-order valence-electron chi connectivity index (χ2n) is 3.62. The van der Waals surface area contributed by atoms with Crippen LogP contribution in [0.2, 0.25) is 0 Å². The summed E-state index contributed by atoms with van der Waals surface area (Å²) < 4.78 is 23.8. The molecular formula is C10H13N3O2S. The maximum Gasteiger partial charge on any atom is 0.149 e. The molecule has 5 nitrogen and oxygen atoms in total. The van der Waals surface area contributed by atoms with Crippen molar-refractivity contribution in [2.45, 2.75) is 0 Å². The Morgan fingerprint density at radius 3 is 3.00 bits per heavy atom. The van der Waals surface area contributed by atoms with Gasteiger partial charge in [0.05, 0.1) is 5.75 Å². The van der Waals surface area contributed by atoms with E-state index in [1.165, 1.54) is 6.26 Å². The predicted octanol–water partition coefficient (Wildman–Crippen LogP) is 0.791. The predicted molar refractivity (Wildman–Crippen MR) is 63.4 cm³/mol. The Kier molecular flexibility index (Phi) is 2.82. The van der Waals surface area contributed by atoms with Crippen molar-refractivity contribution in [3.63, 3.8) is 0 Å². The van der Waals surface area contributed by atoms with Gasteiger partial charge in [0.25, 0.3) is 0 Å². The van der Waals surface area contributed by atoms with Crippen molar-refractivity contribution >= 4 is 21.3 Å². The topological polar surface area (TPSA) is 63.5 Å². The summed E-state index contributed by atoms with van der Waals surface area (Å²) in [6.45, 7) is 0.399.